The van der Waals surface area contributed by atoms with E-state index >= 15 is 0 Å². The standard InChI is InChI=1S/C21H36N4O3/c1-5-22-20(24-17-21(2,3)26-4)23-16-18-8-6-7-9-19(18)28-15-12-25-10-13-27-14-11-25/h6-9H,5,10-17H2,1-4H3,(H2,22,23,24). The third-order valence-corrected chi connectivity index (χ3v) is 4.73. The van der Waals surface area contributed by atoms with Crippen molar-refractivity contribution in [3.05, 3.63) is 29.8 Å². The average molecular weight is 393 g/mol. The van der Waals surface area contributed by atoms with Gasteiger partial charge in [0.15, 0.2) is 5.96 Å². The van der Waals surface area contributed by atoms with E-state index in [1.165, 1.54) is 0 Å². The van der Waals surface area contributed by atoms with Gasteiger partial charge < -0.3 is 24.8 Å². The summed E-state index contributed by atoms with van der Waals surface area (Å²) in [4.78, 5) is 7.08. The van der Waals surface area contributed by atoms with Crippen LogP contribution in [0.2, 0.25) is 0 Å². The van der Waals surface area contributed by atoms with Crippen LogP contribution in [-0.4, -0.2) is 76.1 Å². The van der Waals surface area contributed by atoms with E-state index in [1.54, 1.807) is 7.11 Å². The van der Waals surface area contributed by atoms with E-state index in [-0.39, 0.29) is 5.60 Å². The summed E-state index contributed by atoms with van der Waals surface area (Å²) in [6, 6.07) is 8.10. The lowest BCUT2D eigenvalue weighted by Gasteiger charge is -2.26. The Morgan fingerprint density at radius 2 is 1.96 bits per heavy atom. The van der Waals surface area contributed by atoms with Crippen molar-refractivity contribution in [3.63, 3.8) is 0 Å². The Morgan fingerprint density at radius 3 is 2.68 bits per heavy atom. The molecule has 1 aliphatic rings. The molecule has 0 unspecified atom stereocenters. The summed E-state index contributed by atoms with van der Waals surface area (Å²) in [6.45, 7) is 13.3. The number of hydrogen-bond acceptors (Lipinski definition) is 5. The number of benzene rings is 1. The Hall–Kier alpha value is -1.83. The molecule has 0 aromatic heterocycles. The molecule has 0 bridgehead atoms. The second kappa shape index (κ2) is 11.9. The van der Waals surface area contributed by atoms with Gasteiger partial charge in [0.05, 0.1) is 25.4 Å². The monoisotopic (exact) mass is 392 g/mol. The summed E-state index contributed by atoms with van der Waals surface area (Å²) >= 11 is 0. The highest BCUT2D eigenvalue weighted by atomic mass is 16.5. The minimum absolute atomic E-state index is 0.253. The molecule has 2 N–H and O–H groups in total. The predicted molar refractivity (Wildman–Crippen MR) is 113 cm³/mol. The smallest absolute Gasteiger partial charge is 0.191 e. The van der Waals surface area contributed by atoms with Crippen LogP contribution >= 0.6 is 0 Å². The number of hydrogen-bond donors (Lipinski definition) is 2. The van der Waals surface area contributed by atoms with Crippen LogP contribution < -0.4 is 15.4 Å². The molecule has 0 atom stereocenters. The van der Waals surface area contributed by atoms with Crippen molar-refractivity contribution in [1.29, 1.82) is 0 Å². The van der Waals surface area contributed by atoms with Crippen LogP contribution in [0, 0.1) is 0 Å². The van der Waals surface area contributed by atoms with Crippen molar-refractivity contribution in [3.8, 4) is 5.75 Å². The van der Waals surface area contributed by atoms with Gasteiger partial charge in [0.25, 0.3) is 0 Å². The van der Waals surface area contributed by atoms with Crippen molar-refractivity contribution in [2.24, 2.45) is 4.99 Å². The maximum Gasteiger partial charge on any atom is 0.191 e. The molecule has 1 aliphatic heterocycles. The van der Waals surface area contributed by atoms with Crippen molar-refractivity contribution in [2.45, 2.75) is 32.9 Å². The first kappa shape index (κ1) is 22.5. The summed E-state index contributed by atoms with van der Waals surface area (Å²) in [5, 5.41) is 6.62. The van der Waals surface area contributed by atoms with Crippen molar-refractivity contribution >= 4 is 5.96 Å². The second-order valence-electron chi connectivity index (χ2n) is 7.42. The maximum absolute atomic E-state index is 6.05. The first-order chi connectivity index (χ1) is 13.5. The normalized spacial score (nSPS) is 16.1. The van der Waals surface area contributed by atoms with Crippen LogP contribution in [0.3, 0.4) is 0 Å². The Morgan fingerprint density at radius 1 is 1.21 bits per heavy atom. The lowest BCUT2D eigenvalue weighted by atomic mass is 10.1. The predicted octanol–water partition coefficient (Wildman–Crippen LogP) is 1.88. The zero-order valence-corrected chi connectivity index (χ0v) is 17.8. The molecule has 1 aromatic rings. The summed E-state index contributed by atoms with van der Waals surface area (Å²) in [5.74, 6) is 1.67. The molecular formula is C21H36N4O3. The minimum Gasteiger partial charge on any atom is -0.492 e. The number of guanidine groups is 1. The zero-order chi connectivity index (χ0) is 20.2. The minimum atomic E-state index is -0.253. The van der Waals surface area contributed by atoms with Crippen LogP contribution in [0.4, 0.5) is 0 Å². The molecule has 7 heteroatoms. The van der Waals surface area contributed by atoms with Gasteiger partial charge in [0.1, 0.15) is 12.4 Å². The zero-order valence-electron chi connectivity index (χ0n) is 17.8. The fraction of sp³-hybridized carbons (Fsp3) is 0.667. The number of nitrogens with one attached hydrogen (secondary N) is 2. The van der Waals surface area contributed by atoms with Crippen molar-refractivity contribution in [2.75, 3.05) is 59.7 Å². The molecule has 0 saturated carbocycles. The molecule has 7 nitrogen and oxygen atoms in total. The van der Waals surface area contributed by atoms with E-state index in [0.29, 0.717) is 19.7 Å². The van der Waals surface area contributed by atoms with Crippen LogP contribution in [0.1, 0.15) is 26.3 Å². The quantitative estimate of drug-likeness (QED) is 0.468. The van der Waals surface area contributed by atoms with Crippen LogP contribution in [0.5, 0.6) is 5.75 Å². The molecule has 1 saturated heterocycles. The van der Waals surface area contributed by atoms with E-state index < -0.39 is 0 Å². The first-order valence-corrected chi connectivity index (χ1v) is 10.1. The van der Waals surface area contributed by atoms with Crippen molar-refractivity contribution in [1.82, 2.24) is 15.5 Å². The number of nitrogens with zero attached hydrogens (tertiary/aromatic N) is 2. The fourth-order valence-electron chi connectivity index (χ4n) is 2.76. The number of methoxy groups -OCH3 is 1. The van der Waals surface area contributed by atoms with Gasteiger partial charge in [0, 0.05) is 45.4 Å². The number of rotatable bonds is 10. The second-order valence-corrected chi connectivity index (χ2v) is 7.42. The largest absolute Gasteiger partial charge is 0.492 e. The van der Waals surface area contributed by atoms with Gasteiger partial charge >= 0.3 is 0 Å². The van der Waals surface area contributed by atoms with E-state index in [2.05, 4.69) is 28.5 Å². The molecule has 1 aromatic carbocycles. The molecule has 158 valence electrons. The number of para-hydroxylation sites is 1. The van der Waals surface area contributed by atoms with Crippen LogP contribution in [-0.2, 0) is 16.0 Å². The summed E-state index contributed by atoms with van der Waals surface area (Å²) in [7, 11) is 1.72. The Labute approximate surface area is 169 Å². The highest BCUT2D eigenvalue weighted by Crippen LogP contribution is 2.19. The van der Waals surface area contributed by atoms with Crippen LogP contribution in [0.15, 0.2) is 29.3 Å². The Bertz CT molecular complexity index is 601. The van der Waals surface area contributed by atoms with Gasteiger partial charge in [-0.1, -0.05) is 18.2 Å². The van der Waals surface area contributed by atoms with Gasteiger partial charge in [-0.2, -0.15) is 0 Å². The third kappa shape index (κ3) is 8.04. The Kier molecular flexibility index (Phi) is 9.54. The molecule has 1 heterocycles. The molecular weight excluding hydrogens is 356 g/mol. The molecule has 28 heavy (non-hydrogen) atoms. The fourth-order valence-corrected chi connectivity index (χ4v) is 2.76. The summed E-state index contributed by atoms with van der Waals surface area (Å²) in [5.41, 5.74) is 0.823. The SMILES string of the molecule is CCNC(=NCc1ccccc1OCCN1CCOCC1)NCC(C)(C)OC. The van der Waals surface area contributed by atoms with Gasteiger partial charge in [0.2, 0.25) is 0 Å². The van der Waals surface area contributed by atoms with Gasteiger partial charge in [-0.05, 0) is 26.8 Å². The maximum atomic E-state index is 6.05. The highest BCUT2D eigenvalue weighted by molar-refractivity contribution is 5.79. The van der Waals surface area contributed by atoms with E-state index in [0.717, 1.165) is 56.7 Å². The molecule has 0 aliphatic carbocycles. The van der Waals surface area contributed by atoms with E-state index in [1.807, 2.05) is 32.0 Å². The van der Waals surface area contributed by atoms with E-state index in [4.69, 9.17) is 19.2 Å². The molecule has 1 fully saturated rings. The summed E-state index contributed by atoms with van der Waals surface area (Å²) in [6.07, 6.45) is 0. The summed E-state index contributed by atoms with van der Waals surface area (Å²) < 4.78 is 16.9. The number of ether oxygens (including phenoxy) is 3. The number of aliphatic imine (C=N–C) groups is 1. The van der Waals surface area contributed by atoms with E-state index in [9.17, 15) is 0 Å². The molecule has 0 spiro atoms. The van der Waals surface area contributed by atoms with Crippen LogP contribution in [0.25, 0.3) is 0 Å². The lowest BCUT2D eigenvalue weighted by Crippen LogP contribution is -2.45. The topological polar surface area (TPSA) is 67.4 Å². The molecule has 2 rings (SSSR count). The lowest BCUT2D eigenvalue weighted by molar-refractivity contribution is 0.0268. The van der Waals surface area contributed by atoms with Gasteiger partial charge in [-0.25, -0.2) is 4.99 Å². The van der Waals surface area contributed by atoms with Gasteiger partial charge in [-0.3, -0.25) is 4.90 Å². The molecule has 0 radical (unpaired) electrons. The first-order valence-electron chi connectivity index (χ1n) is 10.1. The number of morpholine rings is 1. The molecule has 0 amide bonds. The van der Waals surface area contributed by atoms with Crippen molar-refractivity contribution < 1.29 is 14.2 Å². The van der Waals surface area contributed by atoms with Gasteiger partial charge in [-0.15, -0.1) is 0 Å². The highest BCUT2D eigenvalue weighted by Gasteiger charge is 2.16. The third-order valence-electron chi connectivity index (χ3n) is 4.73. The average Bonchev–Trinajstić information content (AvgIpc) is 2.72. The Balaban J connectivity index is 1.90.